The van der Waals surface area contributed by atoms with Crippen LogP contribution in [0.5, 0.6) is 0 Å². The number of nitrogens with one attached hydrogen (secondary N) is 2. The van der Waals surface area contributed by atoms with E-state index in [1.807, 2.05) is 19.1 Å². The Balaban J connectivity index is 2.07. The average Bonchev–Trinajstić information content (AvgIpc) is 2.37. The highest BCUT2D eigenvalue weighted by atomic mass is 35.5. The molecule has 2 rings (SSSR count). The molecule has 0 radical (unpaired) electrons. The molecule has 0 saturated carbocycles. The molecule has 0 atom stereocenters. The van der Waals surface area contributed by atoms with E-state index in [1.54, 1.807) is 6.07 Å². The number of thiocarbonyl (C=S) groups is 1. The minimum atomic E-state index is -0.398. The molecule has 0 aromatic heterocycles. The van der Waals surface area contributed by atoms with Crippen LogP contribution < -0.4 is 10.6 Å². The van der Waals surface area contributed by atoms with E-state index in [9.17, 15) is 4.39 Å². The van der Waals surface area contributed by atoms with Gasteiger partial charge in [-0.1, -0.05) is 29.3 Å². The molecular weight excluding hydrogens is 318 g/mol. The fraction of sp³-hybridized carbons (Fsp3) is 0.0714. The number of rotatable bonds is 2. The van der Waals surface area contributed by atoms with Gasteiger partial charge in [0, 0.05) is 10.7 Å². The van der Waals surface area contributed by atoms with E-state index in [1.165, 1.54) is 18.2 Å². The van der Waals surface area contributed by atoms with Crippen molar-refractivity contribution >= 4 is 51.9 Å². The van der Waals surface area contributed by atoms with Crippen LogP contribution in [0.1, 0.15) is 5.56 Å². The van der Waals surface area contributed by atoms with Crippen molar-refractivity contribution in [2.45, 2.75) is 6.92 Å². The molecule has 0 aliphatic rings. The molecule has 0 bridgehead atoms. The van der Waals surface area contributed by atoms with Crippen molar-refractivity contribution in [3.63, 3.8) is 0 Å². The topological polar surface area (TPSA) is 24.1 Å². The van der Waals surface area contributed by atoms with Gasteiger partial charge >= 0.3 is 0 Å². The Morgan fingerprint density at radius 1 is 1.05 bits per heavy atom. The summed E-state index contributed by atoms with van der Waals surface area (Å²) in [5, 5.41) is 7.14. The second kappa shape index (κ2) is 6.39. The van der Waals surface area contributed by atoms with Crippen LogP contribution in [0.15, 0.2) is 36.4 Å². The first kappa shape index (κ1) is 15.0. The quantitative estimate of drug-likeness (QED) is 0.736. The van der Waals surface area contributed by atoms with Gasteiger partial charge in [0.25, 0.3) is 0 Å². The molecule has 104 valence electrons. The highest BCUT2D eigenvalue weighted by Crippen LogP contribution is 2.23. The van der Waals surface area contributed by atoms with E-state index in [2.05, 4.69) is 10.6 Å². The molecule has 0 spiro atoms. The molecule has 2 aromatic carbocycles. The van der Waals surface area contributed by atoms with Gasteiger partial charge in [0.05, 0.1) is 10.7 Å². The second-order valence-corrected chi connectivity index (χ2v) is 5.39. The van der Waals surface area contributed by atoms with E-state index >= 15 is 0 Å². The molecule has 6 heteroatoms. The molecule has 0 amide bonds. The van der Waals surface area contributed by atoms with E-state index in [0.29, 0.717) is 15.8 Å². The third kappa shape index (κ3) is 3.82. The zero-order valence-corrected chi connectivity index (χ0v) is 12.8. The van der Waals surface area contributed by atoms with Crippen molar-refractivity contribution in [3.05, 3.63) is 57.8 Å². The van der Waals surface area contributed by atoms with Crippen LogP contribution in [-0.4, -0.2) is 5.11 Å². The molecule has 2 N–H and O–H groups in total. The summed E-state index contributed by atoms with van der Waals surface area (Å²) < 4.78 is 12.9. The van der Waals surface area contributed by atoms with Crippen molar-refractivity contribution in [2.75, 3.05) is 10.6 Å². The Morgan fingerprint density at radius 2 is 1.80 bits per heavy atom. The number of hydrogen-bond acceptors (Lipinski definition) is 1. The Hall–Kier alpha value is -1.36. The third-order valence-corrected chi connectivity index (χ3v) is 3.53. The van der Waals surface area contributed by atoms with Gasteiger partial charge in [-0.2, -0.15) is 0 Å². The van der Waals surface area contributed by atoms with Gasteiger partial charge in [0.15, 0.2) is 5.11 Å². The molecular formula is C14H11Cl2FN2S. The van der Waals surface area contributed by atoms with Gasteiger partial charge in [-0.25, -0.2) is 4.39 Å². The predicted octanol–water partition coefficient (Wildman–Crippen LogP) is 5.25. The molecule has 0 unspecified atom stereocenters. The maximum Gasteiger partial charge on any atom is 0.175 e. The van der Waals surface area contributed by atoms with Gasteiger partial charge in [0.1, 0.15) is 5.82 Å². The SMILES string of the molecule is Cc1ccc(NC(=S)Nc2ccc(F)cc2Cl)cc1Cl. The standard InChI is InChI=1S/C14H11Cl2FN2S/c1-8-2-4-10(7-11(8)15)18-14(20)19-13-5-3-9(17)6-12(13)16/h2-7H,1H3,(H2,18,19,20). The van der Waals surface area contributed by atoms with Crippen molar-refractivity contribution in [3.8, 4) is 0 Å². The monoisotopic (exact) mass is 328 g/mol. The van der Waals surface area contributed by atoms with E-state index in [4.69, 9.17) is 35.4 Å². The van der Waals surface area contributed by atoms with Gasteiger partial charge < -0.3 is 10.6 Å². The summed E-state index contributed by atoms with van der Waals surface area (Å²) in [5.74, 6) is -0.398. The smallest absolute Gasteiger partial charge is 0.175 e. The Kier molecular flexibility index (Phi) is 4.81. The minimum Gasteiger partial charge on any atom is -0.332 e. The fourth-order valence-corrected chi connectivity index (χ4v) is 2.17. The van der Waals surface area contributed by atoms with Crippen LogP contribution in [-0.2, 0) is 0 Å². The van der Waals surface area contributed by atoms with E-state index in [0.717, 1.165) is 11.3 Å². The number of aryl methyl sites for hydroxylation is 1. The molecule has 2 aromatic rings. The van der Waals surface area contributed by atoms with Crippen LogP contribution in [0.2, 0.25) is 10.0 Å². The lowest BCUT2D eigenvalue weighted by Gasteiger charge is -2.12. The number of halogens is 3. The molecule has 0 saturated heterocycles. The van der Waals surface area contributed by atoms with Gasteiger partial charge in [-0.3, -0.25) is 0 Å². The largest absolute Gasteiger partial charge is 0.332 e. The lowest BCUT2D eigenvalue weighted by atomic mass is 10.2. The number of anilines is 2. The first-order valence-electron chi connectivity index (χ1n) is 5.75. The molecule has 0 aliphatic heterocycles. The van der Waals surface area contributed by atoms with Gasteiger partial charge in [-0.05, 0) is 55.0 Å². The third-order valence-electron chi connectivity index (χ3n) is 2.61. The zero-order valence-electron chi connectivity index (χ0n) is 10.5. The zero-order chi connectivity index (χ0) is 14.7. The predicted molar refractivity (Wildman–Crippen MR) is 87.4 cm³/mol. The molecule has 0 aliphatic carbocycles. The fourth-order valence-electron chi connectivity index (χ4n) is 1.55. The second-order valence-electron chi connectivity index (χ2n) is 4.17. The maximum absolute atomic E-state index is 12.9. The summed E-state index contributed by atoms with van der Waals surface area (Å²) in [6.07, 6.45) is 0. The normalized spacial score (nSPS) is 10.2. The van der Waals surface area contributed by atoms with E-state index in [-0.39, 0.29) is 5.02 Å². The Labute approximate surface area is 131 Å². The first-order valence-corrected chi connectivity index (χ1v) is 6.91. The molecule has 20 heavy (non-hydrogen) atoms. The molecule has 0 fully saturated rings. The average molecular weight is 329 g/mol. The minimum absolute atomic E-state index is 0.260. The van der Waals surface area contributed by atoms with Gasteiger partial charge in [-0.15, -0.1) is 0 Å². The van der Waals surface area contributed by atoms with Crippen molar-refractivity contribution in [1.82, 2.24) is 0 Å². The molecule has 2 nitrogen and oxygen atoms in total. The van der Waals surface area contributed by atoms with Crippen LogP contribution in [0.3, 0.4) is 0 Å². The van der Waals surface area contributed by atoms with Gasteiger partial charge in [0.2, 0.25) is 0 Å². The van der Waals surface area contributed by atoms with Crippen molar-refractivity contribution in [1.29, 1.82) is 0 Å². The summed E-state index contributed by atoms with van der Waals surface area (Å²) in [4.78, 5) is 0. The van der Waals surface area contributed by atoms with Crippen LogP contribution >= 0.6 is 35.4 Å². The highest BCUT2D eigenvalue weighted by Gasteiger charge is 2.05. The summed E-state index contributed by atoms with van der Waals surface area (Å²) in [5.41, 5.74) is 2.28. The highest BCUT2D eigenvalue weighted by molar-refractivity contribution is 7.80. The number of benzene rings is 2. The van der Waals surface area contributed by atoms with Crippen LogP contribution in [0, 0.1) is 12.7 Å². The Morgan fingerprint density at radius 3 is 2.45 bits per heavy atom. The summed E-state index contributed by atoms with van der Waals surface area (Å²) in [7, 11) is 0. The first-order chi connectivity index (χ1) is 9.45. The lowest BCUT2D eigenvalue weighted by molar-refractivity contribution is 0.628. The summed E-state index contributed by atoms with van der Waals surface area (Å²) in [6, 6.07) is 9.57. The summed E-state index contributed by atoms with van der Waals surface area (Å²) >= 11 is 17.1. The van der Waals surface area contributed by atoms with Crippen molar-refractivity contribution < 1.29 is 4.39 Å². The lowest BCUT2D eigenvalue weighted by Crippen LogP contribution is -2.19. The van der Waals surface area contributed by atoms with Crippen molar-refractivity contribution in [2.24, 2.45) is 0 Å². The van der Waals surface area contributed by atoms with Crippen LogP contribution in [0.4, 0.5) is 15.8 Å². The van der Waals surface area contributed by atoms with E-state index < -0.39 is 5.82 Å². The van der Waals surface area contributed by atoms with Crippen LogP contribution in [0.25, 0.3) is 0 Å². The Bertz CT molecular complexity index is 662. The molecule has 0 heterocycles. The maximum atomic E-state index is 12.9. The summed E-state index contributed by atoms with van der Waals surface area (Å²) in [6.45, 7) is 1.92. The number of hydrogen-bond donors (Lipinski definition) is 2.